The van der Waals surface area contributed by atoms with Crippen LogP contribution < -0.4 is 9.47 Å². The van der Waals surface area contributed by atoms with Crippen molar-refractivity contribution in [3.05, 3.63) is 108 Å². The smallest absolute Gasteiger partial charge is 0.175 e. The van der Waals surface area contributed by atoms with Crippen LogP contribution in [0.3, 0.4) is 0 Å². The van der Waals surface area contributed by atoms with Crippen LogP contribution in [0, 0.1) is 0 Å². The molecule has 0 unspecified atom stereocenters. The quantitative estimate of drug-likeness (QED) is 0.238. The normalized spacial score (nSPS) is 11.8. The molecule has 7 rings (SSSR count). The molecule has 0 atom stereocenters. The Kier molecular flexibility index (Phi) is 4.67. The summed E-state index contributed by atoms with van der Waals surface area (Å²) in [5, 5.41) is 4.43. The molecule has 4 aromatic carbocycles. The topological polar surface area (TPSA) is 18.5 Å². The van der Waals surface area contributed by atoms with Crippen molar-refractivity contribution in [3.63, 3.8) is 0 Å². The van der Waals surface area contributed by atoms with E-state index in [1.807, 2.05) is 36.4 Å². The van der Waals surface area contributed by atoms with Crippen molar-refractivity contribution in [2.45, 2.75) is 13.2 Å². The number of hydrogen-bond donors (Lipinski definition) is 0. The van der Waals surface area contributed by atoms with Gasteiger partial charge in [0.25, 0.3) is 0 Å². The molecule has 2 heterocycles. The third-order valence-corrected chi connectivity index (χ3v) is 8.48. The van der Waals surface area contributed by atoms with Gasteiger partial charge in [-0.3, -0.25) is 0 Å². The van der Waals surface area contributed by atoms with Gasteiger partial charge < -0.3 is 9.47 Å². The molecule has 0 fully saturated rings. The van der Waals surface area contributed by atoms with Gasteiger partial charge in [0.15, 0.2) is 10.1 Å². The molecule has 2 nitrogen and oxygen atoms in total. The van der Waals surface area contributed by atoms with Crippen molar-refractivity contribution in [2.75, 3.05) is 0 Å². The molecule has 0 bridgehead atoms. The van der Waals surface area contributed by atoms with Crippen molar-refractivity contribution in [1.29, 1.82) is 0 Å². The molecule has 0 saturated heterocycles. The first-order valence-corrected chi connectivity index (χ1v) is 12.9. The minimum absolute atomic E-state index is 0.591. The SMILES string of the molecule is c1ccc(COc2cc3ccc4c(c3s2)-c2ccc3cc(OCc5ccccc5)sc3c2-4)cc1. The molecule has 0 spiro atoms. The van der Waals surface area contributed by atoms with E-state index < -0.39 is 0 Å². The van der Waals surface area contributed by atoms with Crippen molar-refractivity contribution >= 4 is 42.8 Å². The van der Waals surface area contributed by atoms with Gasteiger partial charge in [-0.25, -0.2) is 0 Å². The summed E-state index contributed by atoms with van der Waals surface area (Å²) in [5.41, 5.74) is 7.75. The van der Waals surface area contributed by atoms with Gasteiger partial charge >= 0.3 is 0 Å². The first-order chi connectivity index (χ1) is 16.8. The van der Waals surface area contributed by atoms with Crippen LogP contribution in [-0.4, -0.2) is 0 Å². The number of thiophene rings is 2. The van der Waals surface area contributed by atoms with Crippen LogP contribution in [0.4, 0.5) is 0 Å². The third kappa shape index (κ3) is 3.30. The molecule has 0 amide bonds. The largest absolute Gasteiger partial charge is 0.479 e. The predicted octanol–water partition coefficient (Wildman–Crippen LogP) is 8.92. The highest BCUT2D eigenvalue weighted by molar-refractivity contribution is 7.22. The fraction of sp³-hybridized carbons (Fsp3) is 0.0667. The third-order valence-electron chi connectivity index (χ3n) is 6.31. The van der Waals surface area contributed by atoms with E-state index in [1.54, 1.807) is 22.7 Å². The maximum absolute atomic E-state index is 6.12. The average Bonchev–Trinajstić information content (AvgIpc) is 3.47. The summed E-state index contributed by atoms with van der Waals surface area (Å²) < 4.78 is 14.9. The van der Waals surface area contributed by atoms with Crippen LogP contribution in [-0.2, 0) is 13.2 Å². The molecular weight excluding hydrogens is 456 g/mol. The first kappa shape index (κ1) is 19.8. The fourth-order valence-corrected chi connectivity index (χ4v) is 6.79. The summed E-state index contributed by atoms with van der Waals surface area (Å²) in [6.07, 6.45) is 0. The summed E-state index contributed by atoms with van der Waals surface area (Å²) >= 11 is 3.49. The Balaban J connectivity index is 1.19. The maximum atomic E-state index is 6.12. The lowest BCUT2D eigenvalue weighted by Crippen LogP contribution is -1.98. The van der Waals surface area contributed by atoms with Crippen molar-refractivity contribution in [3.8, 4) is 32.4 Å². The molecule has 4 heteroatoms. The van der Waals surface area contributed by atoms with Crippen LogP contribution in [0.1, 0.15) is 11.1 Å². The minimum atomic E-state index is 0.591. The molecule has 164 valence electrons. The van der Waals surface area contributed by atoms with E-state index in [9.17, 15) is 0 Å². The molecule has 0 aliphatic heterocycles. The van der Waals surface area contributed by atoms with E-state index >= 15 is 0 Å². The number of hydrogen-bond acceptors (Lipinski definition) is 4. The van der Waals surface area contributed by atoms with Gasteiger partial charge in [0, 0.05) is 20.5 Å². The van der Waals surface area contributed by atoms with E-state index in [1.165, 1.54) is 53.6 Å². The zero-order valence-electron chi connectivity index (χ0n) is 18.3. The van der Waals surface area contributed by atoms with Crippen LogP contribution in [0.2, 0.25) is 0 Å². The molecular formula is C30H20O2S2. The summed E-state index contributed by atoms with van der Waals surface area (Å²) in [5.74, 6) is 0. The molecule has 0 radical (unpaired) electrons. The Labute approximate surface area is 205 Å². The van der Waals surface area contributed by atoms with Crippen molar-refractivity contribution in [1.82, 2.24) is 0 Å². The van der Waals surface area contributed by atoms with E-state index in [-0.39, 0.29) is 0 Å². The lowest BCUT2D eigenvalue weighted by molar-refractivity contribution is 0.316. The second-order valence-electron chi connectivity index (χ2n) is 8.49. The van der Waals surface area contributed by atoms with Crippen LogP contribution in [0.25, 0.3) is 42.4 Å². The van der Waals surface area contributed by atoms with E-state index in [4.69, 9.17) is 9.47 Å². The van der Waals surface area contributed by atoms with E-state index in [2.05, 4.69) is 60.7 Å². The highest BCUT2D eigenvalue weighted by Crippen LogP contribution is 2.57. The standard InChI is InChI=1S/C30H20O2S2/c1-3-7-19(8-4-1)17-31-25-15-21-11-13-23-27(29(21)33-25)24-14-12-22-16-26(34-30(22)28(23)24)32-18-20-9-5-2-6-10-20/h1-16H,17-18H2. The van der Waals surface area contributed by atoms with Gasteiger partial charge in [-0.15, -0.1) is 0 Å². The van der Waals surface area contributed by atoms with Gasteiger partial charge in [-0.1, -0.05) is 108 Å². The summed E-state index contributed by atoms with van der Waals surface area (Å²) in [6.45, 7) is 1.18. The highest BCUT2D eigenvalue weighted by atomic mass is 32.1. The Morgan fingerprint density at radius 1 is 0.500 bits per heavy atom. The number of benzene rings is 4. The zero-order valence-corrected chi connectivity index (χ0v) is 19.9. The van der Waals surface area contributed by atoms with Gasteiger partial charge in [0.1, 0.15) is 13.2 Å². The van der Waals surface area contributed by atoms with Gasteiger partial charge in [0.2, 0.25) is 0 Å². The number of rotatable bonds is 6. The molecule has 1 aliphatic carbocycles. The maximum Gasteiger partial charge on any atom is 0.175 e. The summed E-state index contributed by atoms with van der Waals surface area (Å²) in [7, 11) is 0. The van der Waals surface area contributed by atoms with Crippen molar-refractivity contribution in [2.24, 2.45) is 0 Å². The fourth-order valence-electron chi connectivity index (χ4n) is 4.65. The Morgan fingerprint density at radius 2 is 0.941 bits per heavy atom. The van der Waals surface area contributed by atoms with Crippen LogP contribution >= 0.6 is 22.7 Å². The molecule has 34 heavy (non-hydrogen) atoms. The zero-order chi connectivity index (χ0) is 22.5. The highest BCUT2D eigenvalue weighted by Gasteiger charge is 2.29. The monoisotopic (exact) mass is 476 g/mol. The van der Waals surface area contributed by atoms with E-state index in [0.717, 1.165) is 10.1 Å². The second kappa shape index (κ2) is 8.01. The van der Waals surface area contributed by atoms with E-state index in [0.29, 0.717) is 13.2 Å². The average molecular weight is 477 g/mol. The van der Waals surface area contributed by atoms with Gasteiger partial charge in [-0.05, 0) is 45.2 Å². The Bertz CT molecular complexity index is 1510. The van der Waals surface area contributed by atoms with Gasteiger partial charge in [-0.2, -0.15) is 0 Å². The lowest BCUT2D eigenvalue weighted by Gasteiger charge is -2.25. The second-order valence-corrected chi connectivity index (χ2v) is 10.5. The Hall–Kier alpha value is -3.60. The summed E-state index contributed by atoms with van der Waals surface area (Å²) in [6, 6.07) is 34.0. The Morgan fingerprint density at radius 3 is 1.38 bits per heavy atom. The lowest BCUT2D eigenvalue weighted by atomic mass is 9.79. The van der Waals surface area contributed by atoms with Crippen LogP contribution in [0.15, 0.2) is 97.1 Å². The molecule has 1 aliphatic rings. The van der Waals surface area contributed by atoms with Crippen LogP contribution in [0.5, 0.6) is 10.1 Å². The molecule has 0 saturated carbocycles. The number of ether oxygens (including phenoxy) is 2. The predicted molar refractivity (Wildman–Crippen MR) is 143 cm³/mol. The minimum Gasteiger partial charge on any atom is -0.479 e. The molecule has 2 aromatic heterocycles. The molecule has 0 N–H and O–H groups in total. The van der Waals surface area contributed by atoms with Crippen molar-refractivity contribution < 1.29 is 9.47 Å². The number of fused-ring (bicyclic) bond motifs is 8. The summed E-state index contributed by atoms with van der Waals surface area (Å²) in [4.78, 5) is 0. The molecule has 6 aromatic rings. The van der Waals surface area contributed by atoms with Gasteiger partial charge in [0.05, 0.1) is 0 Å². The first-order valence-electron chi connectivity index (χ1n) is 11.3.